The van der Waals surface area contributed by atoms with Crippen molar-refractivity contribution >= 4 is 28.6 Å². The number of para-hydroxylation sites is 1. The zero-order chi connectivity index (χ0) is 28.0. The Morgan fingerprint density at radius 1 is 0.900 bits per heavy atom. The smallest absolute Gasteiger partial charge is 0.292 e. The number of nitrogens with zero attached hydrogens (tertiary/aromatic N) is 4. The van der Waals surface area contributed by atoms with Crippen molar-refractivity contribution in [1.82, 2.24) is 30.1 Å². The third-order valence-corrected chi connectivity index (χ3v) is 7.90. The number of aromatic nitrogens is 3. The summed E-state index contributed by atoms with van der Waals surface area (Å²) < 4.78 is 0. The monoisotopic (exact) mass is 536 g/mol. The van der Waals surface area contributed by atoms with Crippen LogP contribution in [0.4, 0.5) is 0 Å². The summed E-state index contributed by atoms with van der Waals surface area (Å²) in [4.78, 5) is 55.7. The minimum Gasteiger partial charge on any atom is -0.351 e. The van der Waals surface area contributed by atoms with Crippen molar-refractivity contribution in [2.45, 2.75) is 45.3 Å². The summed E-state index contributed by atoms with van der Waals surface area (Å²) in [6, 6.07) is 18.3. The Balaban J connectivity index is 1.13. The summed E-state index contributed by atoms with van der Waals surface area (Å²) in [7, 11) is 0. The second-order valence-electron chi connectivity index (χ2n) is 11.7. The highest BCUT2D eigenvalue weighted by molar-refractivity contribution is 6.00. The first-order valence-corrected chi connectivity index (χ1v) is 13.6. The summed E-state index contributed by atoms with van der Waals surface area (Å²) in [5.74, 6) is -0.510. The van der Waals surface area contributed by atoms with E-state index in [9.17, 15) is 14.4 Å². The molecule has 4 heterocycles. The molecule has 0 spiro atoms. The molecule has 3 amide bonds. The quantitative estimate of drug-likeness (QED) is 0.402. The van der Waals surface area contributed by atoms with Crippen LogP contribution in [0.5, 0.6) is 0 Å². The first-order chi connectivity index (χ1) is 19.2. The van der Waals surface area contributed by atoms with E-state index in [2.05, 4.69) is 20.3 Å². The van der Waals surface area contributed by atoms with Crippen LogP contribution in [-0.4, -0.2) is 73.7 Å². The SMILES string of the molecule is CC(C)(C)C(NC(=O)c1cc2ccccc2[nH]1)C(=O)N1CC2CC1CN2C(=O)c1ncc(-c2ccccc2)cn1. The number of fused-ring (bicyclic) bond motifs is 3. The molecule has 2 N–H and O–H groups in total. The van der Waals surface area contributed by atoms with Crippen molar-refractivity contribution < 1.29 is 14.4 Å². The molecule has 2 fully saturated rings. The molecule has 2 aromatic carbocycles. The fourth-order valence-electron chi connectivity index (χ4n) is 5.75. The number of carbonyl (C=O) groups is 3. The molecule has 2 aliphatic heterocycles. The molecule has 2 bridgehead atoms. The molecule has 6 rings (SSSR count). The van der Waals surface area contributed by atoms with Crippen LogP contribution in [0.1, 0.15) is 48.3 Å². The van der Waals surface area contributed by atoms with Crippen LogP contribution in [0.25, 0.3) is 22.0 Å². The van der Waals surface area contributed by atoms with Crippen molar-refractivity contribution in [1.29, 1.82) is 0 Å². The summed E-state index contributed by atoms with van der Waals surface area (Å²) in [6.45, 7) is 6.68. The lowest BCUT2D eigenvalue weighted by Crippen LogP contribution is -2.59. The molecule has 40 heavy (non-hydrogen) atoms. The molecule has 204 valence electrons. The number of aromatic amines is 1. The van der Waals surface area contributed by atoms with E-state index in [1.165, 1.54) is 0 Å². The number of hydrogen-bond acceptors (Lipinski definition) is 5. The maximum atomic E-state index is 13.8. The lowest BCUT2D eigenvalue weighted by Gasteiger charge is -2.39. The van der Waals surface area contributed by atoms with E-state index in [0.29, 0.717) is 25.2 Å². The van der Waals surface area contributed by atoms with Gasteiger partial charge < -0.3 is 20.1 Å². The van der Waals surface area contributed by atoms with E-state index >= 15 is 0 Å². The third kappa shape index (κ3) is 4.72. The number of likely N-dealkylation sites (tertiary alicyclic amines) is 2. The Hall–Kier alpha value is -4.53. The molecule has 2 saturated heterocycles. The number of amides is 3. The number of nitrogens with one attached hydrogen (secondary N) is 2. The number of H-pyrrole nitrogens is 1. The summed E-state index contributed by atoms with van der Waals surface area (Å²) >= 11 is 0. The van der Waals surface area contributed by atoms with Crippen LogP contribution in [0.2, 0.25) is 0 Å². The Labute approximate surface area is 232 Å². The predicted molar refractivity (Wildman–Crippen MR) is 151 cm³/mol. The van der Waals surface area contributed by atoms with Gasteiger partial charge in [-0.15, -0.1) is 0 Å². The standard InChI is InChI=1S/C31H32N6O3/c1-31(2,3)26(35-28(38)25-13-20-11-7-8-12-24(20)34-25)29(39)36-17-23-14-22(36)18-37(23)30(40)27-32-15-21(16-33-27)19-9-5-4-6-10-19/h4-13,15-16,22-23,26,34H,14,17-18H2,1-3H3,(H,35,38). The minimum atomic E-state index is -0.719. The van der Waals surface area contributed by atoms with Gasteiger partial charge in [-0.2, -0.15) is 0 Å². The predicted octanol–water partition coefficient (Wildman–Crippen LogP) is 3.89. The Morgan fingerprint density at radius 2 is 1.55 bits per heavy atom. The molecule has 2 aromatic heterocycles. The number of carbonyl (C=O) groups excluding carboxylic acids is 3. The Kier molecular flexibility index (Phi) is 6.37. The second kappa shape index (κ2) is 9.89. The van der Waals surface area contributed by atoms with Gasteiger partial charge in [-0.25, -0.2) is 9.97 Å². The lowest BCUT2D eigenvalue weighted by atomic mass is 9.85. The van der Waals surface area contributed by atoms with Gasteiger partial charge in [0.1, 0.15) is 11.7 Å². The second-order valence-corrected chi connectivity index (χ2v) is 11.7. The summed E-state index contributed by atoms with van der Waals surface area (Å²) in [5.41, 5.74) is 2.61. The molecule has 0 radical (unpaired) electrons. The topological polar surface area (TPSA) is 111 Å². The van der Waals surface area contributed by atoms with E-state index in [1.54, 1.807) is 23.4 Å². The van der Waals surface area contributed by atoms with Crippen molar-refractivity contribution in [2.24, 2.45) is 5.41 Å². The van der Waals surface area contributed by atoms with Gasteiger partial charge >= 0.3 is 0 Å². The highest BCUT2D eigenvalue weighted by atomic mass is 16.2. The van der Waals surface area contributed by atoms with Gasteiger partial charge in [0.2, 0.25) is 11.7 Å². The summed E-state index contributed by atoms with van der Waals surface area (Å²) in [6.07, 6.45) is 4.04. The Morgan fingerprint density at radius 3 is 2.20 bits per heavy atom. The normalized spacial score (nSPS) is 19.2. The van der Waals surface area contributed by atoms with Gasteiger partial charge in [-0.3, -0.25) is 14.4 Å². The van der Waals surface area contributed by atoms with Gasteiger partial charge in [0.25, 0.3) is 11.8 Å². The van der Waals surface area contributed by atoms with Crippen LogP contribution in [0.15, 0.2) is 73.1 Å². The molecule has 4 aromatic rings. The first-order valence-electron chi connectivity index (χ1n) is 13.6. The van der Waals surface area contributed by atoms with E-state index in [0.717, 1.165) is 22.0 Å². The fraction of sp³-hybridized carbons (Fsp3) is 0.323. The van der Waals surface area contributed by atoms with Gasteiger partial charge in [0, 0.05) is 41.9 Å². The largest absolute Gasteiger partial charge is 0.351 e. The van der Waals surface area contributed by atoms with Crippen molar-refractivity contribution in [3.05, 3.63) is 84.6 Å². The number of piperazine rings is 1. The van der Waals surface area contributed by atoms with Crippen molar-refractivity contribution in [3.8, 4) is 11.1 Å². The van der Waals surface area contributed by atoms with Crippen LogP contribution < -0.4 is 5.32 Å². The Bertz CT molecular complexity index is 1540. The zero-order valence-electron chi connectivity index (χ0n) is 22.8. The molecule has 3 atom stereocenters. The molecule has 9 nitrogen and oxygen atoms in total. The average Bonchev–Trinajstić information content (AvgIpc) is 3.69. The first kappa shape index (κ1) is 25.7. The van der Waals surface area contributed by atoms with Crippen LogP contribution >= 0.6 is 0 Å². The van der Waals surface area contributed by atoms with Crippen LogP contribution in [0.3, 0.4) is 0 Å². The molecule has 9 heteroatoms. The highest BCUT2D eigenvalue weighted by Gasteiger charge is 2.50. The molecule has 0 saturated carbocycles. The number of rotatable bonds is 5. The highest BCUT2D eigenvalue weighted by Crippen LogP contribution is 2.34. The summed E-state index contributed by atoms with van der Waals surface area (Å²) in [5, 5.41) is 3.92. The molecular weight excluding hydrogens is 504 g/mol. The van der Waals surface area contributed by atoms with Crippen molar-refractivity contribution in [3.63, 3.8) is 0 Å². The lowest BCUT2D eigenvalue weighted by molar-refractivity contribution is -0.138. The molecule has 3 unspecified atom stereocenters. The van der Waals surface area contributed by atoms with E-state index in [4.69, 9.17) is 0 Å². The average molecular weight is 537 g/mol. The van der Waals surface area contributed by atoms with E-state index in [-0.39, 0.29) is 35.6 Å². The van der Waals surface area contributed by atoms with Gasteiger partial charge in [-0.05, 0) is 29.5 Å². The van der Waals surface area contributed by atoms with Gasteiger partial charge in [0.15, 0.2) is 0 Å². The minimum absolute atomic E-state index is 0.108. The molecule has 0 aliphatic carbocycles. The molecule has 2 aliphatic rings. The van der Waals surface area contributed by atoms with Gasteiger partial charge in [0.05, 0.1) is 12.1 Å². The number of benzene rings is 2. The van der Waals surface area contributed by atoms with E-state index < -0.39 is 11.5 Å². The van der Waals surface area contributed by atoms with E-state index in [1.807, 2.05) is 80.3 Å². The fourth-order valence-corrected chi connectivity index (χ4v) is 5.75. The van der Waals surface area contributed by atoms with Gasteiger partial charge in [-0.1, -0.05) is 69.3 Å². The van der Waals surface area contributed by atoms with Crippen LogP contribution in [0, 0.1) is 5.41 Å². The maximum absolute atomic E-state index is 13.8. The van der Waals surface area contributed by atoms with Crippen molar-refractivity contribution in [2.75, 3.05) is 13.1 Å². The third-order valence-electron chi connectivity index (χ3n) is 7.90. The zero-order valence-corrected chi connectivity index (χ0v) is 22.8. The molecular formula is C31H32N6O3. The number of hydrogen-bond donors (Lipinski definition) is 2. The van der Waals surface area contributed by atoms with Crippen LogP contribution in [-0.2, 0) is 4.79 Å². The maximum Gasteiger partial charge on any atom is 0.292 e.